The fraction of sp³-hybridized carbons (Fsp3) is 0.517. The summed E-state index contributed by atoms with van der Waals surface area (Å²) in [6.45, 7) is 13.7. The Morgan fingerprint density at radius 3 is 2.73 bits per heavy atom. The Labute approximate surface area is 234 Å². The Balaban J connectivity index is 1.30. The second-order valence-corrected chi connectivity index (χ2v) is 11.9. The number of piperidine rings is 1. The van der Waals surface area contributed by atoms with Crippen molar-refractivity contribution in [3.8, 4) is 0 Å². The highest BCUT2D eigenvalue weighted by atomic mass is 16.6. The van der Waals surface area contributed by atoms with Gasteiger partial charge in [-0.05, 0) is 52.2 Å². The summed E-state index contributed by atoms with van der Waals surface area (Å²) in [5, 5.41) is 22.4. The first-order valence-corrected chi connectivity index (χ1v) is 13.9. The quantitative estimate of drug-likeness (QED) is 0.310. The van der Waals surface area contributed by atoms with E-state index >= 15 is 0 Å². The molecule has 1 fully saturated rings. The fourth-order valence-electron chi connectivity index (χ4n) is 5.02. The maximum atomic E-state index is 12.4. The molecule has 11 nitrogen and oxygen atoms in total. The number of hydrogen-bond donors (Lipinski definition) is 3. The van der Waals surface area contributed by atoms with Crippen molar-refractivity contribution < 1.29 is 14.6 Å². The maximum absolute atomic E-state index is 12.4. The Hall–Kier alpha value is -3.86. The van der Waals surface area contributed by atoms with E-state index in [1.807, 2.05) is 55.9 Å². The van der Waals surface area contributed by atoms with Crippen LogP contribution in [0.25, 0.3) is 11.3 Å². The number of nitrogens with zero attached hydrogens (tertiary/aromatic N) is 6. The summed E-state index contributed by atoms with van der Waals surface area (Å²) in [5.41, 5.74) is 4.24. The topological polar surface area (TPSA) is 121 Å². The van der Waals surface area contributed by atoms with Crippen LogP contribution < -0.4 is 10.6 Å². The minimum Gasteiger partial charge on any atom is -0.444 e. The molecular weight excluding hydrogens is 508 g/mol. The number of rotatable bonds is 7. The number of aryl methyl sites for hydroxylation is 1. The summed E-state index contributed by atoms with van der Waals surface area (Å²) in [6.07, 6.45) is 3.53. The number of ether oxygens (including phenoxy) is 1. The summed E-state index contributed by atoms with van der Waals surface area (Å²) in [7, 11) is 0. The van der Waals surface area contributed by atoms with Gasteiger partial charge in [0.15, 0.2) is 5.65 Å². The molecule has 1 saturated heterocycles. The Morgan fingerprint density at radius 2 is 2.02 bits per heavy atom. The molecule has 0 aromatic carbocycles. The molecule has 0 aliphatic carbocycles. The largest absolute Gasteiger partial charge is 0.444 e. The van der Waals surface area contributed by atoms with Crippen molar-refractivity contribution in [3.63, 3.8) is 0 Å². The average molecular weight is 549 g/mol. The van der Waals surface area contributed by atoms with Gasteiger partial charge >= 0.3 is 6.09 Å². The molecule has 4 aromatic heterocycles. The maximum Gasteiger partial charge on any atom is 0.410 e. The number of fused-ring (bicyclic) bond motifs is 2. The summed E-state index contributed by atoms with van der Waals surface area (Å²) in [5.74, 6) is 1.73. The zero-order valence-corrected chi connectivity index (χ0v) is 24.2. The number of imidazole rings is 1. The van der Waals surface area contributed by atoms with Crippen molar-refractivity contribution in [2.75, 3.05) is 30.3 Å². The lowest BCUT2D eigenvalue weighted by molar-refractivity contribution is -0.0104. The molecule has 2 atom stereocenters. The third-order valence-corrected chi connectivity index (χ3v) is 7.24. The number of aliphatic hydroxyl groups excluding tert-OH is 1. The number of β-amino-alcohol motifs (C(OH)–C–C–N with tert-alkyl or cyclic N) is 1. The second kappa shape index (κ2) is 11.0. The molecule has 5 heterocycles. The van der Waals surface area contributed by atoms with Crippen LogP contribution in [0.3, 0.4) is 0 Å². The van der Waals surface area contributed by atoms with Gasteiger partial charge in [-0.3, -0.25) is 0 Å². The summed E-state index contributed by atoms with van der Waals surface area (Å²) in [4.78, 5) is 23.6. The highest BCUT2D eigenvalue weighted by Gasteiger charge is 2.32. The van der Waals surface area contributed by atoms with Gasteiger partial charge in [0, 0.05) is 42.5 Å². The van der Waals surface area contributed by atoms with Crippen LogP contribution in [-0.2, 0) is 11.3 Å². The van der Waals surface area contributed by atoms with Gasteiger partial charge in [-0.15, -0.1) is 0 Å². The number of aromatic nitrogens is 5. The minimum atomic E-state index is -0.658. The fourth-order valence-corrected chi connectivity index (χ4v) is 5.02. The van der Waals surface area contributed by atoms with Gasteiger partial charge in [-0.1, -0.05) is 19.9 Å². The van der Waals surface area contributed by atoms with E-state index < -0.39 is 11.7 Å². The van der Waals surface area contributed by atoms with Gasteiger partial charge < -0.3 is 29.8 Å². The van der Waals surface area contributed by atoms with Crippen molar-refractivity contribution >= 4 is 29.0 Å². The second-order valence-electron chi connectivity index (χ2n) is 11.9. The van der Waals surface area contributed by atoms with Gasteiger partial charge in [-0.25, -0.2) is 14.8 Å². The van der Waals surface area contributed by atoms with Crippen LogP contribution in [0.2, 0.25) is 0 Å². The first-order valence-electron chi connectivity index (χ1n) is 13.9. The minimum absolute atomic E-state index is 0.0242. The predicted octanol–water partition coefficient (Wildman–Crippen LogP) is 4.45. The molecule has 0 bridgehead atoms. The Morgan fingerprint density at radius 1 is 1.23 bits per heavy atom. The van der Waals surface area contributed by atoms with E-state index in [0.29, 0.717) is 31.9 Å². The van der Waals surface area contributed by atoms with Crippen molar-refractivity contribution in [3.05, 3.63) is 53.6 Å². The van der Waals surface area contributed by atoms with Gasteiger partial charge in [-0.2, -0.15) is 9.61 Å². The lowest BCUT2D eigenvalue weighted by atomic mass is 9.94. The van der Waals surface area contributed by atoms with E-state index in [1.165, 1.54) is 0 Å². The molecular formula is C29H40N8O3. The molecule has 5 rings (SSSR count). The molecule has 3 N–H and O–H groups in total. The van der Waals surface area contributed by atoms with Gasteiger partial charge in [0.2, 0.25) is 0 Å². The van der Waals surface area contributed by atoms with Crippen LogP contribution in [0, 0.1) is 12.8 Å². The van der Waals surface area contributed by atoms with E-state index in [9.17, 15) is 9.90 Å². The lowest BCUT2D eigenvalue weighted by Gasteiger charge is -2.36. The smallest absolute Gasteiger partial charge is 0.410 e. The number of carbonyl (C=O) groups excluding carboxylic acids is 1. The Kier molecular flexibility index (Phi) is 7.59. The molecule has 4 aromatic rings. The molecule has 214 valence electrons. The van der Waals surface area contributed by atoms with Crippen LogP contribution in [-0.4, -0.2) is 71.4 Å². The van der Waals surface area contributed by atoms with Gasteiger partial charge in [0.05, 0.1) is 31.1 Å². The van der Waals surface area contributed by atoms with E-state index in [1.54, 1.807) is 4.90 Å². The molecule has 0 unspecified atom stereocenters. The lowest BCUT2D eigenvalue weighted by Crippen LogP contribution is -2.49. The Bertz CT molecular complexity index is 1500. The van der Waals surface area contributed by atoms with Crippen LogP contribution in [0.4, 0.5) is 16.4 Å². The third-order valence-electron chi connectivity index (χ3n) is 7.24. The SMILES string of the molecule is Cc1cccc2nc(CNc3cc(NC[C@H]4CCN(C(=O)OC(C)(C)C)C[C@@H]4O)nc4c(C(C)C)cnn34)cn12. The molecule has 0 spiro atoms. The number of likely N-dealkylation sites (tertiary alicyclic amines) is 1. The zero-order valence-electron chi connectivity index (χ0n) is 24.2. The van der Waals surface area contributed by atoms with Gasteiger partial charge in [0.25, 0.3) is 0 Å². The molecule has 1 aliphatic rings. The summed E-state index contributed by atoms with van der Waals surface area (Å²) >= 11 is 0. The van der Waals surface area contributed by atoms with Crippen molar-refractivity contribution in [2.45, 2.75) is 72.1 Å². The molecule has 0 saturated carbocycles. The van der Waals surface area contributed by atoms with Crippen molar-refractivity contribution in [1.82, 2.24) is 28.9 Å². The molecule has 40 heavy (non-hydrogen) atoms. The number of anilines is 2. The third kappa shape index (κ3) is 5.99. The van der Waals surface area contributed by atoms with Crippen molar-refractivity contribution in [2.24, 2.45) is 5.92 Å². The monoisotopic (exact) mass is 548 g/mol. The van der Waals surface area contributed by atoms with Crippen LogP contribution in [0.5, 0.6) is 0 Å². The van der Waals surface area contributed by atoms with E-state index in [-0.39, 0.29) is 24.5 Å². The number of hydrogen-bond acceptors (Lipinski definition) is 8. The molecule has 1 aliphatic heterocycles. The van der Waals surface area contributed by atoms with Crippen LogP contribution in [0.15, 0.2) is 36.7 Å². The first kappa shape index (κ1) is 27.7. The highest BCUT2D eigenvalue weighted by Crippen LogP contribution is 2.26. The normalized spacial score (nSPS) is 18.1. The summed E-state index contributed by atoms with van der Waals surface area (Å²) in [6, 6.07) is 8.01. The average Bonchev–Trinajstić information content (AvgIpc) is 3.50. The van der Waals surface area contributed by atoms with Crippen LogP contribution >= 0.6 is 0 Å². The number of pyridine rings is 1. The predicted molar refractivity (Wildman–Crippen MR) is 155 cm³/mol. The number of amides is 1. The molecule has 1 amide bonds. The first-order chi connectivity index (χ1) is 19.0. The number of nitrogens with one attached hydrogen (secondary N) is 2. The highest BCUT2D eigenvalue weighted by molar-refractivity contribution is 5.68. The number of carbonyl (C=O) groups is 1. The molecule has 11 heteroatoms. The summed E-state index contributed by atoms with van der Waals surface area (Å²) < 4.78 is 9.38. The van der Waals surface area contributed by atoms with E-state index in [2.05, 4.69) is 47.0 Å². The van der Waals surface area contributed by atoms with Gasteiger partial charge in [0.1, 0.15) is 22.9 Å². The standard InChI is InChI=1S/C29H40N8O3/c1-18(2)22-15-32-37-26(31-14-21-16-36-19(3)8-7-9-25(36)33-21)12-24(34-27(22)37)30-13-20-10-11-35(17-23(20)38)28(39)40-29(4,5)6/h7-9,12,15-16,18,20,23,31,38H,10-11,13-14,17H2,1-6H3,(H,30,34)/t20-,23+/m1/s1. The van der Waals surface area contributed by atoms with Crippen molar-refractivity contribution in [1.29, 1.82) is 0 Å². The van der Waals surface area contributed by atoms with E-state index in [0.717, 1.165) is 34.1 Å². The molecule has 0 radical (unpaired) electrons. The zero-order chi connectivity index (χ0) is 28.6. The van der Waals surface area contributed by atoms with E-state index in [4.69, 9.17) is 14.7 Å². The number of aliphatic hydroxyl groups is 1. The van der Waals surface area contributed by atoms with Crippen LogP contribution in [0.1, 0.15) is 63.9 Å².